The van der Waals surface area contributed by atoms with Gasteiger partial charge in [0.2, 0.25) is 10.0 Å². The number of nitrogens with one attached hydrogen (secondary N) is 1. The molecule has 1 aliphatic heterocycles. The van der Waals surface area contributed by atoms with Gasteiger partial charge in [0.15, 0.2) is 0 Å². The maximum atomic E-state index is 12.5. The molecule has 126 valence electrons. The van der Waals surface area contributed by atoms with Crippen LogP contribution in [0.15, 0.2) is 47.5 Å². The summed E-state index contributed by atoms with van der Waals surface area (Å²) in [5.41, 5.74) is 1.87. The highest BCUT2D eigenvalue weighted by Gasteiger charge is 2.27. The van der Waals surface area contributed by atoms with Crippen LogP contribution in [0.4, 0.5) is 5.69 Å². The fraction of sp³-hybridized carbons (Fsp3) is 0.294. The van der Waals surface area contributed by atoms with E-state index in [1.165, 1.54) is 28.6 Å². The fourth-order valence-electron chi connectivity index (χ4n) is 2.68. The van der Waals surface area contributed by atoms with Crippen molar-refractivity contribution in [3.05, 3.63) is 53.9 Å². The second-order valence-corrected chi connectivity index (χ2v) is 7.71. The highest BCUT2D eigenvalue weighted by Crippen LogP contribution is 2.21. The smallest absolute Gasteiger partial charge is 0.255 e. The molecule has 0 unspecified atom stereocenters. The summed E-state index contributed by atoms with van der Waals surface area (Å²) in [5.74, 6) is -0.286. The number of sulfonamides is 1. The number of carbonyl (C=O) groups is 1. The second kappa shape index (κ2) is 6.70. The van der Waals surface area contributed by atoms with Gasteiger partial charge in [-0.05, 0) is 56.2 Å². The summed E-state index contributed by atoms with van der Waals surface area (Å²) in [5, 5.41) is 2.77. The first-order valence-electron chi connectivity index (χ1n) is 7.81. The summed E-state index contributed by atoms with van der Waals surface area (Å²) in [6, 6.07) is 9.51. The largest absolute Gasteiger partial charge is 0.322 e. The molecule has 3 rings (SSSR count). The van der Waals surface area contributed by atoms with Crippen molar-refractivity contribution < 1.29 is 13.2 Å². The second-order valence-electron chi connectivity index (χ2n) is 5.78. The van der Waals surface area contributed by atoms with Crippen molar-refractivity contribution in [3.63, 3.8) is 0 Å². The summed E-state index contributed by atoms with van der Waals surface area (Å²) in [6.07, 6.45) is 3.41. The minimum absolute atomic E-state index is 0.223. The first-order valence-corrected chi connectivity index (χ1v) is 9.25. The Bertz CT molecular complexity index is 842. The van der Waals surface area contributed by atoms with Gasteiger partial charge in [-0.2, -0.15) is 4.31 Å². The molecule has 6 nitrogen and oxygen atoms in total. The maximum absolute atomic E-state index is 12.5. The molecule has 2 heterocycles. The van der Waals surface area contributed by atoms with Gasteiger partial charge in [-0.1, -0.05) is 0 Å². The molecule has 1 aromatic carbocycles. The highest BCUT2D eigenvalue weighted by atomic mass is 32.2. The van der Waals surface area contributed by atoms with E-state index in [-0.39, 0.29) is 10.8 Å². The number of hydrogen-bond acceptors (Lipinski definition) is 4. The highest BCUT2D eigenvalue weighted by molar-refractivity contribution is 7.89. The summed E-state index contributed by atoms with van der Waals surface area (Å²) in [6.45, 7) is 2.96. The van der Waals surface area contributed by atoms with Gasteiger partial charge in [0, 0.05) is 36.2 Å². The zero-order valence-corrected chi connectivity index (χ0v) is 14.2. The van der Waals surface area contributed by atoms with Crippen LogP contribution < -0.4 is 5.32 Å². The molecular weight excluding hydrogens is 326 g/mol. The molecule has 0 atom stereocenters. The lowest BCUT2D eigenvalue weighted by molar-refractivity contribution is 0.102. The summed E-state index contributed by atoms with van der Waals surface area (Å²) in [7, 11) is -3.45. The third-order valence-corrected chi connectivity index (χ3v) is 5.89. The predicted octanol–water partition coefficient (Wildman–Crippen LogP) is 2.43. The molecule has 1 aliphatic rings. The molecule has 0 saturated carbocycles. The molecule has 0 spiro atoms. The first-order chi connectivity index (χ1) is 11.5. The number of aromatic nitrogens is 1. The molecule has 1 aromatic heterocycles. The lowest BCUT2D eigenvalue weighted by Gasteiger charge is -2.15. The molecule has 1 amide bonds. The Hall–Kier alpha value is -2.25. The average molecular weight is 345 g/mol. The first kappa shape index (κ1) is 16.6. The standard InChI is InChI=1S/C17H19N3O3S/c1-13-12-15(8-9-18-13)19-17(21)14-4-6-16(7-5-14)24(22,23)20-10-2-3-11-20/h4-9,12H,2-3,10-11H2,1H3,(H,18,19,21). The van der Waals surface area contributed by atoms with Gasteiger partial charge in [-0.25, -0.2) is 8.42 Å². The fourth-order valence-corrected chi connectivity index (χ4v) is 4.20. The van der Waals surface area contributed by atoms with Crippen molar-refractivity contribution in [2.75, 3.05) is 18.4 Å². The molecule has 1 N–H and O–H groups in total. The van der Waals surface area contributed by atoms with Crippen LogP contribution in [-0.4, -0.2) is 36.7 Å². The number of rotatable bonds is 4. The van der Waals surface area contributed by atoms with Crippen molar-refractivity contribution >= 4 is 21.6 Å². The lowest BCUT2D eigenvalue weighted by Crippen LogP contribution is -2.27. The molecule has 0 bridgehead atoms. The van der Waals surface area contributed by atoms with E-state index in [1.54, 1.807) is 18.3 Å². The molecule has 24 heavy (non-hydrogen) atoms. The average Bonchev–Trinajstić information content (AvgIpc) is 3.10. The van der Waals surface area contributed by atoms with Gasteiger partial charge < -0.3 is 5.32 Å². The number of aryl methyl sites for hydroxylation is 1. The van der Waals surface area contributed by atoms with Crippen LogP contribution in [0, 0.1) is 6.92 Å². The number of amides is 1. The van der Waals surface area contributed by atoms with Crippen LogP contribution in [0.25, 0.3) is 0 Å². The number of benzene rings is 1. The van der Waals surface area contributed by atoms with Gasteiger partial charge >= 0.3 is 0 Å². The van der Waals surface area contributed by atoms with E-state index < -0.39 is 10.0 Å². The van der Waals surface area contributed by atoms with Crippen LogP contribution in [0.1, 0.15) is 28.9 Å². The third-order valence-electron chi connectivity index (χ3n) is 3.97. The summed E-state index contributed by atoms with van der Waals surface area (Å²) >= 11 is 0. The minimum atomic E-state index is -3.45. The number of anilines is 1. The van der Waals surface area contributed by atoms with E-state index in [0.29, 0.717) is 24.3 Å². The van der Waals surface area contributed by atoms with Gasteiger partial charge in [-0.15, -0.1) is 0 Å². The SMILES string of the molecule is Cc1cc(NC(=O)c2ccc(S(=O)(=O)N3CCCC3)cc2)ccn1. The van der Waals surface area contributed by atoms with E-state index in [4.69, 9.17) is 0 Å². The summed E-state index contributed by atoms with van der Waals surface area (Å²) in [4.78, 5) is 16.5. The minimum Gasteiger partial charge on any atom is -0.322 e. The van der Waals surface area contributed by atoms with Crippen LogP contribution in [0.3, 0.4) is 0 Å². The molecule has 0 aliphatic carbocycles. The van der Waals surface area contributed by atoms with Crippen molar-refractivity contribution in [3.8, 4) is 0 Å². The normalized spacial score (nSPS) is 15.4. The van der Waals surface area contributed by atoms with Crippen LogP contribution in [0.5, 0.6) is 0 Å². The molecule has 0 radical (unpaired) electrons. The Balaban J connectivity index is 1.75. The van der Waals surface area contributed by atoms with Gasteiger partial charge in [0.25, 0.3) is 5.91 Å². The quantitative estimate of drug-likeness (QED) is 0.923. The van der Waals surface area contributed by atoms with E-state index >= 15 is 0 Å². The molecule has 2 aromatic rings. The number of hydrogen-bond donors (Lipinski definition) is 1. The molecule has 1 fully saturated rings. The van der Waals surface area contributed by atoms with E-state index in [0.717, 1.165) is 18.5 Å². The predicted molar refractivity (Wildman–Crippen MR) is 91.4 cm³/mol. The van der Waals surface area contributed by atoms with Gasteiger partial charge in [-0.3, -0.25) is 9.78 Å². The number of pyridine rings is 1. The van der Waals surface area contributed by atoms with Crippen LogP contribution >= 0.6 is 0 Å². The van der Waals surface area contributed by atoms with E-state index in [2.05, 4.69) is 10.3 Å². The zero-order valence-electron chi connectivity index (χ0n) is 13.4. The zero-order chi connectivity index (χ0) is 17.2. The lowest BCUT2D eigenvalue weighted by atomic mass is 10.2. The number of carbonyl (C=O) groups excluding carboxylic acids is 1. The Morgan fingerprint density at radius 1 is 1.12 bits per heavy atom. The van der Waals surface area contributed by atoms with E-state index in [1.807, 2.05) is 6.92 Å². The molecule has 1 saturated heterocycles. The topological polar surface area (TPSA) is 79.4 Å². The number of nitrogens with zero attached hydrogens (tertiary/aromatic N) is 2. The van der Waals surface area contributed by atoms with Crippen LogP contribution in [-0.2, 0) is 10.0 Å². The van der Waals surface area contributed by atoms with Crippen molar-refractivity contribution in [2.45, 2.75) is 24.7 Å². The maximum Gasteiger partial charge on any atom is 0.255 e. The molecular formula is C17H19N3O3S. The third kappa shape index (κ3) is 3.47. The monoisotopic (exact) mass is 345 g/mol. The molecule has 7 heteroatoms. The van der Waals surface area contributed by atoms with Gasteiger partial charge in [0.05, 0.1) is 4.90 Å². The Labute approximate surface area is 141 Å². The van der Waals surface area contributed by atoms with Crippen LogP contribution in [0.2, 0.25) is 0 Å². The van der Waals surface area contributed by atoms with Crippen molar-refractivity contribution in [2.24, 2.45) is 0 Å². The van der Waals surface area contributed by atoms with Crippen molar-refractivity contribution in [1.29, 1.82) is 0 Å². The summed E-state index contributed by atoms with van der Waals surface area (Å²) < 4.78 is 26.4. The Morgan fingerprint density at radius 3 is 2.42 bits per heavy atom. The Morgan fingerprint density at radius 2 is 1.79 bits per heavy atom. The van der Waals surface area contributed by atoms with Gasteiger partial charge in [0.1, 0.15) is 0 Å². The van der Waals surface area contributed by atoms with E-state index in [9.17, 15) is 13.2 Å². The van der Waals surface area contributed by atoms with Crippen molar-refractivity contribution in [1.82, 2.24) is 9.29 Å². The Kier molecular flexibility index (Phi) is 4.64.